The summed E-state index contributed by atoms with van der Waals surface area (Å²) in [5.41, 5.74) is -4.93. The summed E-state index contributed by atoms with van der Waals surface area (Å²) >= 11 is 0. The van der Waals surface area contributed by atoms with Crippen molar-refractivity contribution in [2.45, 2.75) is 126 Å². The molecule has 3 aromatic rings. The van der Waals surface area contributed by atoms with Gasteiger partial charge >= 0.3 is 24.4 Å². The van der Waals surface area contributed by atoms with Crippen LogP contribution in [0.4, 0.5) is 58.7 Å². The number of aliphatic hydroxyl groups is 4. The average molecular weight is 933 g/mol. The fraction of sp³-hybridized carbons (Fsp3) is 0.571. The fourth-order valence-corrected chi connectivity index (χ4v) is 7.58. The lowest BCUT2D eigenvalue weighted by Crippen LogP contribution is -2.69. The first kappa shape index (κ1) is 51.0. The van der Waals surface area contributed by atoms with E-state index in [1.165, 1.54) is 6.07 Å². The van der Waals surface area contributed by atoms with E-state index >= 15 is 0 Å². The van der Waals surface area contributed by atoms with Crippen LogP contribution in [0.15, 0.2) is 58.1 Å². The maximum absolute atomic E-state index is 13.5. The Kier molecular flexibility index (Phi) is 18.0. The molecule has 0 aliphatic carbocycles. The Morgan fingerprint density at radius 3 is 1.82 bits per heavy atom. The number of aliphatic hydroxyl groups excluding tert-OH is 4. The van der Waals surface area contributed by atoms with Gasteiger partial charge in [-0.1, -0.05) is 64.0 Å². The molecule has 0 radical (unpaired) electrons. The Hall–Kier alpha value is -5.04. The highest BCUT2D eigenvalue weighted by molar-refractivity contribution is 5.90. The van der Waals surface area contributed by atoms with Crippen LogP contribution in [0.2, 0.25) is 0 Å². The van der Waals surface area contributed by atoms with Crippen molar-refractivity contribution in [2.75, 3.05) is 47.6 Å². The van der Waals surface area contributed by atoms with E-state index in [-0.39, 0.29) is 22.7 Å². The number of ether oxygens (including phenoxy) is 3. The molecule has 65 heavy (non-hydrogen) atoms. The molecule has 0 bridgehead atoms. The first-order valence-corrected chi connectivity index (χ1v) is 21.2. The first-order valence-electron chi connectivity index (χ1n) is 21.2. The molecule has 4 unspecified atom stereocenters. The molecule has 4 amide bonds. The number of rotatable bonds is 20. The summed E-state index contributed by atoms with van der Waals surface area (Å²) in [6, 6.07) is 0.320. The second-order valence-electron chi connectivity index (χ2n) is 15.8. The molecule has 3 aromatic carbocycles. The topological polar surface area (TPSA) is 249 Å². The number of benzene rings is 2. The largest absolute Gasteiger partial charge is 0.416 e. The van der Waals surface area contributed by atoms with Crippen LogP contribution in [-0.2, 0) is 26.6 Å². The third kappa shape index (κ3) is 13.5. The number of alkyl halides is 6. The number of unbranched alkanes of at least 4 members (excludes halogenated alkanes) is 7. The van der Waals surface area contributed by atoms with Crippen LogP contribution in [0, 0.1) is 0 Å². The van der Waals surface area contributed by atoms with E-state index in [1.54, 1.807) is 0 Å². The zero-order chi connectivity index (χ0) is 47.5. The smallest absolute Gasteiger partial charge is 0.394 e. The van der Waals surface area contributed by atoms with Crippen LogP contribution in [0.1, 0.15) is 69.4 Å². The zero-order valence-corrected chi connectivity index (χ0v) is 35.2. The van der Waals surface area contributed by atoms with Crippen molar-refractivity contribution < 1.29 is 70.6 Å². The van der Waals surface area contributed by atoms with Gasteiger partial charge in [0.1, 0.15) is 47.9 Å². The number of amides is 4. The van der Waals surface area contributed by atoms with Gasteiger partial charge in [-0.25, -0.2) is 9.59 Å². The van der Waals surface area contributed by atoms with Crippen LogP contribution >= 0.6 is 0 Å². The zero-order valence-electron chi connectivity index (χ0n) is 35.2. The lowest BCUT2D eigenvalue weighted by atomic mass is 9.93. The van der Waals surface area contributed by atoms with Gasteiger partial charge in [0.2, 0.25) is 0 Å². The lowest BCUT2D eigenvalue weighted by molar-refractivity contribution is -0.291. The SMILES string of the molecule is CCCCCCCCCCNc1c(N[C@H]2C(CO)OCC(NC(=O)Nc3cccc(C(F)(F)F)c3)[C@H]2O[C@@H]2OC(CO)[C@@H](O)[C@H](O)C2NC(=O)Nc2cccc(C(F)(F)F)c2)c(=O)c1=O. The number of halogens is 6. The minimum absolute atomic E-state index is 0.0932. The third-order valence-electron chi connectivity index (χ3n) is 11.1. The van der Waals surface area contributed by atoms with Gasteiger partial charge in [-0.05, 0) is 42.8 Å². The molecule has 0 spiro atoms. The number of hydrogen-bond acceptors (Lipinski definition) is 13. The summed E-state index contributed by atoms with van der Waals surface area (Å²) in [7, 11) is 0. The molecule has 2 saturated heterocycles. The van der Waals surface area contributed by atoms with E-state index in [9.17, 15) is 65.9 Å². The Morgan fingerprint density at radius 1 is 0.723 bits per heavy atom. The van der Waals surface area contributed by atoms with Gasteiger partial charge in [-0.2, -0.15) is 26.3 Å². The summed E-state index contributed by atoms with van der Waals surface area (Å²) in [6.45, 7) is 0.251. The van der Waals surface area contributed by atoms with Crippen LogP contribution in [0.3, 0.4) is 0 Å². The maximum Gasteiger partial charge on any atom is 0.416 e. The van der Waals surface area contributed by atoms with Gasteiger partial charge < -0.3 is 66.5 Å². The molecule has 0 aromatic heterocycles. The number of carbonyl (C=O) groups excluding carboxylic acids is 2. The van der Waals surface area contributed by atoms with Gasteiger partial charge in [-0.3, -0.25) is 9.59 Å². The summed E-state index contributed by atoms with van der Waals surface area (Å²) in [5.74, 6) is 0. The monoisotopic (exact) mass is 932 g/mol. The molecular formula is C42H54F6N6O11. The normalized spacial score (nSPS) is 24.9. The van der Waals surface area contributed by atoms with Crippen LogP contribution < -0.4 is 42.8 Å². The van der Waals surface area contributed by atoms with Crippen LogP contribution in [0.5, 0.6) is 0 Å². The van der Waals surface area contributed by atoms with Crippen molar-refractivity contribution in [3.05, 3.63) is 80.1 Å². The van der Waals surface area contributed by atoms with E-state index in [4.69, 9.17) is 14.2 Å². The van der Waals surface area contributed by atoms with Crippen LogP contribution in [-0.4, -0.2) is 114 Å². The van der Waals surface area contributed by atoms with Gasteiger partial charge in [0.25, 0.3) is 10.9 Å². The molecule has 360 valence electrons. The molecule has 2 heterocycles. The average Bonchev–Trinajstić information content (AvgIpc) is 3.26. The van der Waals surface area contributed by atoms with Crippen molar-refractivity contribution >= 4 is 34.8 Å². The Morgan fingerprint density at radius 2 is 1.26 bits per heavy atom. The van der Waals surface area contributed by atoms with Crippen molar-refractivity contribution in [1.82, 2.24) is 10.6 Å². The second-order valence-corrected chi connectivity index (χ2v) is 15.8. The summed E-state index contributed by atoms with van der Waals surface area (Å²) in [4.78, 5) is 52.6. The van der Waals surface area contributed by atoms with E-state index in [0.29, 0.717) is 25.1 Å². The summed E-state index contributed by atoms with van der Waals surface area (Å²) in [6.07, 6.45) is -11.8. The molecule has 17 nitrogen and oxygen atoms in total. The van der Waals surface area contributed by atoms with Crippen LogP contribution in [0.25, 0.3) is 0 Å². The number of hydrogen-bond donors (Lipinski definition) is 10. The molecule has 23 heteroatoms. The number of nitrogens with one attached hydrogen (secondary N) is 6. The van der Waals surface area contributed by atoms with E-state index < -0.39 is 121 Å². The Bertz CT molecular complexity index is 2110. The number of anilines is 4. The van der Waals surface area contributed by atoms with Crippen molar-refractivity contribution in [3.63, 3.8) is 0 Å². The highest BCUT2D eigenvalue weighted by Gasteiger charge is 2.51. The second kappa shape index (κ2) is 22.9. The maximum atomic E-state index is 13.5. The van der Waals surface area contributed by atoms with Crippen molar-refractivity contribution in [3.8, 4) is 0 Å². The molecule has 2 aliphatic heterocycles. The van der Waals surface area contributed by atoms with E-state index in [1.807, 2.05) is 0 Å². The molecule has 9 atom stereocenters. The lowest BCUT2D eigenvalue weighted by Gasteiger charge is -2.48. The van der Waals surface area contributed by atoms with E-state index in [0.717, 1.165) is 75.3 Å². The minimum Gasteiger partial charge on any atom is -0.394 e. The predicted octanol–water partition coefficient (Wildman–Crippen LogP) is 4.25. The highest BCUT2D eigenvalue weighted by Crippen LogP contribution is 2.33. The number of carbonyl (C=O) groups is 2. The molecule has 2 fully saturated rings. The summed E-state index contributed by atoms with van der Waals surface area (Å²) in [5, 5.41) is 57.7. The third-order valence-corrected chi connectivity index (χ3v) is 11.1. The van der Waals surface area contributed by atoms with E-state index in [2.05, 4.69) is 38.8 Å². The van der Waals surface area contributed by atoms with Crippen molar-refractivity contribution in [2.24, 2.45) is 0 Å². The fourth-order valence-electron chi connectivity index (χ4n) is 7.58. The Labute approximate surface area is 368 Å². The predicted molar refractivity (Wildman–Crippen MR) is 224 cm³/mol. The van der Waals surface area contributed by atoms with Gasteiger partial charge in [0, 0.05) is 17.9 Å². The molecular weight excluding hydrogens is 878 g/mol. The summed E-state index contributed by atoms with van der Waals surface area (Å²) < 4.78 is 98.5. The van der Waals surface area contributed by atoms with Gasteiger partial charge in [-0.15, -0.1) is 0 Å². The molecule has 5 rings (SSSR count). The molecule has 2 aliphatic rings. The van der Waals surface area contributed by atoms with Gasteiger partial charge in [0.05, 0.1) is 43.0 Å². The highest BCUT2D eigenvalue weighted by atomic mass is 19.4. The molecule has 10 N–H and O–H groups in total. The first-order chi connectivity index (χ1) is 30.9. The standard InChI is InChI=1S/C42H54F6N6O11/c1-2-3-4-5-6-7-8-9-16-49-30-31(35(59)34(30)58)53-29-27(19-55)63-21-26(52-39(61)50-24-14-10-12-22(17-24)41(43,44)45)37(29)65-38-32(36(60)33(57)28(20-56)64-38)54-40(62)51-25-15-11-13-23(18-25)42(46,47)48/h10-15,17-18,26-29,32-33,36-38,49,53,55-57,60H,2-9,16,19-21H2,1H3,(H2,50,52,61)(H2,51,54,62)/t26?,27?,28?,29-,32?,33+,36+,37+,38-/m0/s1. The Balaban J connectivity index is 1.43. The minimum atomic E-state index is -4.77. The van der Waals surface area contributed by atoms with Gasteiger partial charge in [0.15, 0.2) is 6.29 Å². The molecule has 0 saturated carbocycles. The van der Waals surface area contributed by atoms with Crippen molar-refractivity contribution in [1.29, 1.82) is 0 Å². The quantitative estimate of drug-likeness (QED) is 0.0433. The number of urea groups is 2.